The Balaban J connectivity index is 1.44. The lowest BCUT2D eigenvalue weighted by molar-refractivity contribution is -0.133. The van der Waals surface area contributed by atoms with Crippen LogP contribution >= 0.6 is 11.8 Å². The van der Waals surface area contributed by atoms with Gasteiger partial charge in [-0.3, -0.25) is 33.6 Å². The van der Waals surface area contributed by atoms with E-state index in [-0.39, 0.29) is 113 Å². The monoisotopic (exact) mass is 1690 g/mol. The molecule has 0 radical (unpaired) electrons. The van der Waals surface area contributed by atoms with E-state index >= 15 is 0 Å². The number of carbonyl (C=O) groups excluding carboxylic acids is 7. The van der Waals surface area contributed by atoms with Gasteiger partial charge in [0, 0.05) is 108 Å². The second-order valence-corrected chi connectivity index (χ2v) is 31.3. The Labute approximate surface area is 713 Å². The van der Waals surface area contributed by atoms with E-state index in [0.29, 0.717) is 207 Å². The molecule has 0 saturated heterocycles. The number of carbonyl (C=O) groups is 7. The average molecular weight is 1700 g/mol. The van der Waals surface area contributed by atoms with Crippen LogP contribution in [0.3, 0.4) is 0 Å². The lowest BCUT2D eigenvalue weighted by Crippen LogP contribution is -2.37. The van der Waals surface area contributed by atoms with Crippen molar-refractivity contribution in [3.05, 3.63) is 29.8 Å². The van der Waals surface area contributed by atoms with Gasteiger partial charge in [0.25, 0.3) is 5.22 Å². The number of ether oxygens (including phenoxy) is 12. The zero-order valence-electron chi connectivity index (χ0n) is 73.4. The molecule has 118 heavy (non-hydrogen) atoms. The molecule has 0 spiro atoms. The molecule has 0 aliphatic carbocycles. The van der Waals surface area contributed by atoms with Crippen LogP contribution in [-0.4, -0.2) is 273 Å². The summed E-state index contributed by atoms with van der Waals surface area (Å²) in [7, 11) is 0. The summed E-state index contributed by atoms with van der Waals surface area (Å²) in [5.41, 5.74) is 1.80. The molecule has 0 saturated carbocycles. The molecule has 29 nitrogen and oxygen atoms in total. The largest absolute Gasteiger partial charge is 0.411 e. The Hall–Kier alpha value is -5.48. The third-order valence-corrected chi connectivity index (χ3v) is 19.8. The Morgan fingerprint density at radius 3 is 0.856 bits per heavy atom. The van der Waals surface area contributed by atoms with Gasteiger partial charge in [-0.1, -0.05) is 219 Å². The number of unbranched alkanes of at least 4 members (excludes halogenated alkanes) is 26. The van der Waals surface area contributed by atoms with Crippen molar-refractivity contribution < 1.29 is 94.8 Å². The van der Waals surface area contributed by atoms with Crippen molar-refractivity contribution in [1.82, 2.24) is 47.0 Å². The fourth-order valence-electron chi connectivity index (χ4n) is 12.1. The number of amides is 7. The van der Waals surface area contributed by atoms with Crippen LogP contribution in [-0.2, 0) is 96.8 Å². The molecule has 1 aromatic heterocycles. The molecule has 7 amide bonds. The minimum atomic E-state index is -0.168. The van der Waals surface area contributed by atoms with Crippen molar-refractivity contribution in [2.75, 3.05) is 211 Å². The molecule has 2 rings (SSSR count). The fourth-order valence-corrected chi connectivity index (χ4v) is 12.7. The lowest BCUT2D eigenvalue weighted by Gasteiger charge is -2.23. The molecule has 0 aliphatic heterocycles. The molecule has 0 unspecified atom stereocenters. The predicted molar refractivity (Wildman–Crippen MR) is 462 cm³/mol. The maximum Gasteiger partial charge on any atom is 0.277 e. The maximum atomic E-state index is 13.6. The first kappa shape index (κ1) is 109. The van der Waals surface area contributed by atoms with Crippen molar-refractivity contribution in [3.8, 4) is 11.5 Å². The Morgan fingerprint density at radius 2 is 0.568 bits per heavy atom. The highest BCUT2D eigenvalue weighted by atomic mass is 32.2. The number of nitrogens with one attached hydrogen (secondary N) is 6. The van der Waals surface area contributed by atoms with Crippen LogP contribution in [0.2, 0.25) is 0 Å². The van der Waals surface area contributed by atoms with Gasteiger partial charge < -0.3 is 98.1 Å². The number of hydrogen-bond donors (Lipinski definition) is 6. The van der Waals surface area contributed by atoms with E-state index in [0.717, 1.165) is 36.8 Å². The summed E-state index contributed by atoms with van der Waals surface area (Å²) in [5, 5.41) is 26.2. The molecule has 0 fully saturated rings. The molecule has 2 aromatic rings. The third kappa shape index (κ3) is 73.3. The summed E-state index contributed by atoms with van der Waals surface area (Å²) >= 11 is 1.51. The van der Waals surface area contributed by atoms with E-state index in [1.54, 1.807) is 4.90 Å². The smallest absolute Gasteiger partial charge is 0.277 e. The SMILES string of the molecule is CCCCCCCCCCCCCCCCNC(=O)CCOCCNC(=O)CCOCCNC(=O)CCOCCOCCOCCOCCN(CCOCCOCCOCCOCCC(=O)NCCOCCC(=O)NCCOCCC(=O)NCCCCCCCCCCCCCCCC)C(=O)CCc1ccc(-c2nnc(SC(C)C)o2)cc1. The van der Waals surface area contributed by atoms with E-state index in [9.17, 15) is 33.6 Å². The van der Waals surface area contributed by atoms with Crippen LogP contribution < -0.4 is 31.9 Å². The second kappa shape index (κ2) is 83.8. The van der Waals surface area contributed by atoms with Gasteiger partial charge >= 0.3 is 0 Å². The van der Waals surface area contributed by atoms with Crippen LogP contribution in [0.1, 0.15) is 258 Å². The Morgan fingerprint density at radius 1 is 0.314 bits per heavy atom. The van der Waals surface area contributed by atoms with Crippen LogP contribution in [0.15, 0.2) is 33.9 Å². The molecule has 6 N–H and O–H groups in total. The third-order valence-electron chi connectivity index (χ3n) is 19.0. The highest BCUT2D eigenvalue weighted by Crippen LogP contribution is 2.26. The zero-order valence-corrected chi connectivity index (χ0v) is 74.2. The summed E-state index contributed by atoms with van der Waals surface area (Å²) in [4.78, 5) is 88.4. The molecule has 1 heterocycles. The van der Waals surface area contributed by atoms with Crippen molar-refractivity contribution in [1.29, 1.82) is 0 Å². The second-order valence-electron chi connectivity index (χ2n) is 29.8. The minimum Gasteiger partial charge on any atom is -0.411 e. The highest BCUT2D eigenvalue weighted by molar-refractivity contribution is 7.99. The van der Waals surface area contributed by atoms with Gasteiger partial charge in [-0.15, -0.1) is 10.2 Å². The van der Waals surface area contributed by atoms with Crippen LogP contribution in [0.25, 0.3) is 11.5 Å². The van der Waals surface area contributed by atoms with Crippen molar-refractivity contribution >= 4 is 53.1 Å². The number of benzene rings is 1. The molecule has 30 heteroatoms. The quantitative estimate of drug-likeness (QED) is 0.0265. The van der Waals surface area contributed by atoms with Crippen LogP contribution in [0.4, 0.5) is 0 Å². The Kier molecular flexibility index (Phi) is 77.1. The van der Waals surface area contributed by atoms with Gasteiger partial charge in [-0.2, -0.15) is 0 Å². The summed E-state index contributed by atoms with van der Waals surface area (Å²) in [6.45, 7) is 19.6. The Bertz CT molecular complexity index is 2550. The van der Waals surface area contributed by atoms with E-state index in [1.807, 2.05) is 24.3 Å². The highest BCUT2D eigenvalue weighted by Gasteiger charge is 2.17. The summed E-state index contributed by atoms with van der Waals surface area (Å²) in [6.07, 6.45) is 38.7. The van der Waals surface area contributed by atoms with Gasteiger partial charge in [-0.05, 0) is 37.0 Å². The maximum absolute atomic E-state index is 13.6. The topological polar surface area (TPSA) is 345 Å². The number of rotatable bonds is 90. The lowest BCUT2D eigenvalue weighted by atomic mass is 10.0. The molecule has 0 atom stereocenters. The molecular weight excluding hydrogens is 1540 g/mol. The number of nitrogens with zero attached hydrogens (tertiary/aromatic N) is 3. The zero-order chi connectivity index (χ0) is 85.0. The molecule has 682 valence electrons. The first-order chi connectivity index (χ1) is 57.9. The minimum absolute atomic E-state index is 0.0127. The summed E-state index contributed by atoms with van der Waals surface area (Å²) < 4.78 is 73.2. The van der Waals surface area contributed by atoms with Gasteiger partial charge in [-0.25, -0.2) is 0 Å². The number of aryl methyl sites for hydroxylation is 1. The number of aromatic nitrogens is 2. The van der Waals surface area contributed by atoms with Gasteiger partial charge in [0.15, 0.2) is 0 Å². The van der Waals surface area contributed by atoms with Gasteiger partial charge in [0.05, 0.1) is 159 Å². The van der Waals surface area contributed by atoms with Crippen molar-refractivity contribution in [2.45, 2.75) is 269 Å². The van der Waals surface area contributed by atoms with E-state index in [1.165, 1.54) is 166 Å². The first-order valence-corrected chi connectivity index (χ1v) is 46.2. The van der Waals surface area contributed by atoms with Crippen molar-refractivity contribution in [3.63, 3.8) is 0 Å². The van der Waals surface area contributed by atoms with E-state index < -0.39 is 0 Å². The van der Waals surface area contributed by atoms with Crippen LogP contribution in [0, 0.1) is 0 Å². The normalized spacial score (nSPS) is 11.4. The summed E-state index contributed by atoms with van der Waals surface area (Å²) in [6, 6.07) is 7.77. The number of hydrogen-bond acceptors (Lipinski definition) is 23. The average Bonchev–Trinajstić information content (AvgIpc) is 1.67. The molecular formula is C88H159N9O20S. The van der Waals surface area contributed by atoms with Crippen LogP contribution in [0.5, 0.6) is 0 Å². The fraction of sp³-hybridized carbons (Fsp3) is 0.830. The predicted octanol–water partition coefficient (Wildman–Crippen LogP) is 12.2. The molecule has 0 aliphatic rings. The summed E-state index contributed by atoms with van der Waals surface area (Å²) in [5.74, 6) is -0.268. The van der Waals surface area contributed by atoms with Gasteiger partial charge in [0.1, 0.15) is 0 Å². The first-order valence-electron chi connectivity index (χ1n) is 45.3. The van der Waals surface area contributed by atoms with Crippen molar-refractivity contribution in [2.24, 2.45) is 0 Å². The molecule has 0 bridgehead atoms. The standard InChI is InChI=1S/C88H159N9O20S/c1-5-7-9-11-13-15-17-19-21-23-25-27-29-31-45-89-80(98)39-53-105-59-47-91-82(100)41-55-107-61-49-93-84(102)43-57-109-65-69-113-73-75-115-71-67-111-63-51-97(86(104)38-35-78-33-36-79(37-34-78)87-95-96-88(117-87)118-77(3)4)52-64-112-68-72-116-76-74-114-70-66-110-58-44-85(103)94-50-62-108-56-42-83(101)92-48-60-106-54-40-81(99)90-46-32-30-28-26-24-22-20-18-16-14-12-10-8-6-2/h33-34,36-37,77H,5-32,35,38-76H2,1-4H3,(H,89,98)(H,90,99)(H,91,100)(H,92,101)(H,93,102)(H,94,103). The molecule has 1 aromatic carbocycles. The van der Waals surface area contributed by atoms with Gasteiger partial charge in [0.2, 0.25) is 47.2 Å². The van der Waals surface area contributed by atoms with E-state index in [2.05, 4.69) is 69.8 Å². The van der Waals surface area contributed by atoms with E-state index in [4.69, 9.17) is 61.3 Å². The number of thioether (sulfide) groups is 1.